The second-order valence-electron chi connectivity index (χ2n) is 7.30. The van der Waals surface area contributed by atoms with E-state index < -0.39 is 17.3 Å². The van der Waals surface area contributed by atoms with Gasteiger partial charge in [-0.2, -0.15) is 0 Å². The molecule has 4 atom stereocenters. The van der Waals surface area contributed by atoms with E-state index in [-0.39, 0.29) is 12.0 Å². The Labute approximate surface area is 115 Å². The number of hydrogen-bond acceptors (Lipinski definition) is 3. The Bertz CT molecular complexity index is 389. The summed E-state index contributed by atoms with van der Waals surface area (Å²) in [6, 6.07) is -0.0372. The smallest absolute Gasteiger partial charge is 0.407 e. The van der Waals surface area contributed by atoms with Gasteiger partial charge in [0.25, 0.3) is 0 Å². The van der Waals surface area contributed by atoms with Gasteiger partial charge >= 0.3 is 6.09 Å². The zero-order valence-corrected chi connectivity index (χ0v) is 12.4. The molecular weight excluding hydrogens is 242 g/mol. The molecule has 1 saturated carbocycles. The van der Waals surface area contributed by atoms with Crippen molar-refractivity contribution in [1.82, 2.24) is 5.32 Å². The van der Waals surface area contributed by atoms with Crippen LogP contribution in [0.15, 0.2) is 12.2 Å². The summed E-state index contributed by atoms with van der Waals surface area (Å²) < 4.78 is 5.31. The number of aliphatic hydroxyl groups is 1. The number of nitrogens with one attached hydrogen (secondary N) is 1. The van der Waals surface area contributed by atoms with E-state index in [1.165, 1.54) is 0 Å². The van der Waals surface area contributed by atoms with Crippen molar-refractivity contribution < 1.29 is 14.6 Å². The molecule has 0 aliphatic heterocycles. The van der Waals surface area contributed by atoms with Gasteiger partial charge in [0.05, 0.1) is 5.60 Å². The number of carbonyl (C=O) groups excluding carboxylic acids is 1. The Hall–Kier alpha value is -1.03. The van der Waals surface area contributed by atoms with Crippen LogP contribution < -0.4 is 5.32 Å². The maximum atomic E-state index is 11.9. The Morgan fingerprint density at radius 1 is 1.21 bits per heavy atom. The Kier molecular flexibility index (Phi) is 3.42. The summed E-state index contributed by atoms with van der Waals surface area (Å²) in [5.74, 6) is 0.717. The third-order valence-corrected chi connectivity index (χ3v) is 3.96. The van der Waals surface area contributed by atoms with Crippen LogP contribution in [0.1, 0.15) is 41.0 Å². The van der Waals surface area contributed by atoms with Crippen molar-refractivity contribution in [3.05, 3.63) is 12.2 Å². The van der Waals surface area contributed by atoms with Gasteiger partial charge in [-0.05, 0) is 52.9 Å². The van der Waals surface area contributed by atoms with Crippen molar-refractivity contribution >= 4 is 6.09 Å². The minimum atomic E-state index is -0.802. The van der Waals surface area contributed by atoms with Crippen molar-refractivity contribution in [1.29, 1.82) is 0 Å². The molecular formula is C15H25NO3. The highest BCUT2D eigenvalue weighted by Gasteiger charge is 2.51. The molecule has 2 N–H and O–H groups in total. The van der Waals surface area contributed by atoms with E-state index in [1.54, 1.807) is 0 Å². The van der Waals surface area contributed by atoms with E-state index in [9.17, 15) is 9.90 Å². The lowest BCUT2D eigenvalue weighted by molar-refractivity contribution is -0.0102. The number of rotatable bonds is 2. The van der Waals surface area contributed by atoms with E-state index >= 15 is 0 Å². The van der Waals surface area contributed by atoms with Crippen LogP contribution in [0.25, 0.3) is 0 Å². The monoisotopic (exact) mass is 267 g/mol. The zero-order chi connectivity index (χ0) is 14.4. The highest BCUT2D eigenvalue weighted by molar-refractivity contribution is 5.68. The summed E-state index contributed by atoms with van der Waals surface area (Å²) in [6.07, 6.45) is 4.93. The molecule has 4 heteroatoms. The molecule has 2 aliphatic carbocycles. The summed E-state index contributed by atoms with van der Waals surface area (Å²) in [5.41, 5.74) is -1.30. The van der Waals surface area contributed by atoms with Gasteiger partial charge in [0.1, 0.15) is 5.60 Å². The Morgan fingerprint density at radius 3 is 2.32 bits per heavy atom. The third-order valence-electron chi connectivity index (χ3n) is 3.96. The van der Waals surface area contributed by atoms with E-state index in [4.69, 9.17) is 4.74 Å². The van der Waals surface area contributed by atoms with E-state index in [2.05, 4.69) is 17.5 Å². The first-order valence-electron chi connectivity index (χ1n) is 6.98. The highest BCUT2D eigenvalue weighted by atomic mass is 16.6. The van der Waals surface area contributed by atoms with E-state index in [1.807, 2.05) is 34.6 Å². The molecule has 1 amide bonds. The number of allylic oxidation sites excluding steroid dienone is 1. The SMILES string of the molecule is CC(C)(C)OC(=O)NC1C2C=CC(C2)C1C(C)(C)O. The fourth-order valence-corrected chi connectivity index (χ4v) is 3.43. The van der Waals surface area contributed by atoms with Gasteiger partial charge in [-0.15, -0.1) is 0 Å². The van der Waals surface area contributed by atoms with E-state index in [0.29, 0.717) is 11.8 Å². The minimum absolute atomic E-state index is 0.0372. The van der Waals surface area contributed by atoms with Crippen LogP contribution in [0.2, 0.25) is 0 Å². The molecule has 0 aromatic carbocycles. The largest absolute Gasteiger partial charge is 0.444 e. The molecule has 2 bridgehead atoms. The molecule has 0 radical (unpaired) electrons. The van der Waals surface area contributed by atoms with Crippen molar-refractivity contribution in [3.8, 4) is 0 Å². The molecule has 2 aliphatic rings. The van der Waals surface area contributed by atoms with Gasteiger partial charge in [-0.1, -0.05) is 12.2 Å². The first-order valence-corrected chi connectivity index (χ1v) is 6.98. The third kappa shape index (κ3) is 3.11. The molecule has 0 spiro atoms. The van der Waals surface area contributed by atoms with Crippen molar-refractivity contribution in [2.24, 2.45) is 17.8 Å². The molecule has 4 unspecified atom stereocenters. The van der Waals surface area contributed by atoms with Gasteiger partial charge in [-0.3, -0.25) is 0 Å². The normalized spacial score (nSPS) is 33.6. The summed E-state index contributed by atoms with van der Waals surface area (Å²) in [4.78, 5) is 11.9. The molecule has 0 aromatic heterocycles. The number of amides is 1. The molecule has 108 valence electrons. The average molecular weight is 267 g/mol. The molecule has 2 rings (SSSR count). The van der Waals surface area contributed by atoms with Gasteiger partial charge in [0.15, 0.2) is 0 Å². The number of alkyl carbamates (subject to hydrolysis) is 1. The van der Waals surface area contributed by atoms with Crippen LogP contribution in [0.3, 0.4) is 0 Å². The maximum Gasteiger partial charge on any atom is 0.407 e. The number of hydrogen-bond donors (Lipinski definition) is 2. The lowest BCUT2D eigenvalue weighted by atomic mass is 9.77. The Morgan fingerprint density at radius 2 is 1.79 bits per heavy atom. The Balaban J connectivity index is 2.07. The fourth-order valence-electron chi connectivity index (χ4n) is 3.43. The van der Waals surface area contributed by atoms with Crippen LogP contribution in [0.5, 0.6) is 0 Å². The van der Waals surface area contributed by atoms with Gasteiger partial charge < -0.3 is 15.2 Å². The van der Waals surface area contributed by atoms with Crippen LogP contribution in [0, 0.1) is 17.8 Å². The molecule has 19 heavy (non-hydrogen) atoms. The fraction of sp³-hybridized carbons (Fsp3) is 0.800. The molecule has 1 fully saturated rings. The first kappa shape index (κ1) is 14.4. The van der Waals surface area contributed by atoms with Crippen molar-refractivity contribution in [3.63, 3.8) is 0 Å². The predicted molar refractivity (Wildman–Crippen MR) is 73.7 cm³/mol. The van der Waals surface area contributed by atoms with Crippen molar-refractivity contribution in [2.45, 2.75) is 58.3 Å². The predicted octanol–water partition coefficient (Wildman–Crippen LogP) is 2.47. The summed E-state index contributed by atoms with van der Waals surface area (Å²) in [6.45, 7) is 9.17. The minimum Gasteiger partial charge on any atom is -0.444 e. The maximum absolute atomic E-state index is 11.9. The van der Waals surface area contributed by atoms with Crippen LogP contribution in [-0.2, 0) is 4.74 Å². The molecule has 0 saturated heterocycles. The van der Waals surface area contributed by atoms with Crippen LogP contribution >= 0.6 is 0 Å². The standard InChI is InChI=1S/C15H25NO3/c1-14(2,3)19-13(17)16-12-10-7-6-9(8-10)11(12)15(4,5)18/h6-7,9-12,18H,8H2,1-5H3,(H,16,17). The topological polar surface area (TPSA) is 58.6 Å². The van der Waals surface area contributed by atoms with Crippen molar-refractivity contribution in [2.75, 3.05) is 0 Å². The summed E-state index contributed by atoms with van der Waals surface area (Å²) >= 11 is 0. The second kappa shape index (κ2) is 4.51. The van der Waals surface area contributed by atoms with Crippen LogP contribution in [-0.4, -0.2) is 28.4 Å². The summed E-state index contributed by atoms with van der Waals surface area (Å²) in [7, 11) is 0. The van der Waals surface area contributed by atoms with Gasteiger partial charge in [-0.25, -0.2) is 4.79 Å². The van der Waals surface area contributed by atoms with Gasteiger partial charge in [0, 0.05) is 12.0 Å². The number of fused-ring (bicyclic) bond motifs is 2. The molecule has 0 heterocycles. The van der Waals surface area contributed by atoms with E-state index in [0.717, 1.165) is 6.42 Å². The quantitative estimate of drug-likeness (QED) is 0.756. The first-order chi connectivity index (χ1) is 8.58. The molecule has 0 aromatic rings. The molecule has 4 nitrogen and oxygen atoms in total. The second-order valence-corrected chi connectivity index (χ2v) is 7.30. The van der Waals surface area contributed by atoms with Crippen LogP contribution in [0.4, 0.5) is 4.79 Å². The zero-order valence-electron chi connectivity index (χ0n) is 12.4. The average Bonchev–Trinajstić information content (AvgIpc) is 2.71. The number of carbonyl (C=O) groups is 1. The number of ether oxygens (including phenoxy) is 1. The van der Waals surface area contributed by atoms with Gasteiger partial charge in [0.2, 0.25) is 0 Å². The lowest BCUT2D eigenvalue weighted by Crippen LogP contribution is -2.51. The highest BCUT2D eigenvalue weighted by Crippen LogP contribution is 2.48. The lowest BCUT2D eigenvalue weighted by Gasteiger charge is -2.37. The summed E-state index contributed by atoms with van der Waals surface area (Å²) in [5, 5.41) is 13.3.